The maximum absolute atomic E-state index is 5.96. The Kier molecular flexibility index (Phi) is 3.60. The summed E-state index contributed by atoms with van der Waals surface area (Å²) < 4.78 is 0. The summed E-state index contributed by atoms with van der Waals surface area (Å²) >= 11 is 5.96. The van der Waals surface area contributed by atoms with E-state index in [1.165, 1.54) is 18.4 Å². The van der Waals surface area contributed by atoms with Crippen LogP contribution < -0.4 is 0 Å². The fourth-order valence-electron chi connectivity index (χ4n) is 2.11. The fourth-order valence-corrected chi connectivity index (χ4v) is 2.62. The van der Waals surface area contributed by atoms with Gasteiger partial charge in [-0.1, -0.05) is 6.07 Å². The molecule has 15 heavy (non-hydrogen) atoms. The Morgan fingerprint density at radius 3 is 2.93 bits per heavy atom. The number of hydrogen-bond acceptors (Lipinski definition) is 2. The minimum absolute atomic E-state index is 0.432. The molecule has 0 spiro atoms. The van der Waals surface area contributed by atoms with Gasteiger partial charge in [-0.2, -0.15) is 0 Å². The lowest BCUT2D eigenvalue weighted by Crippen LogP contribution is -2.34. The second-order valence-corrected chi connectivity index (χ2v) is 5.11. The number of rotatable bonds is 4. The number of halogens is 1. The highest BCUT2D eigenvalue weighted by atomic mass is 35.5. The molecule has 0 unspecified atom stereocenters. The summed E-state index contributed by atoms with van der Waals surface area (Å²) in [4.78, 5) is 6.47. The summed E-state index contributed by atoms with van der Waals surface area (Å²) in [5.41, 5.74) is 1.28. The molecule has 0 aliphatic heterocycles. The monoisotopic (exact) mass is 224 g/mol. The van der Waals surface area contributed by atoms with Gasteiger partial charge in [0.1, 0.15) is 0 Å². The quantitative estimate of drug-likeness (QED) is 0.731. The highest BCUT2D eigenvalue weighted by Crippen LogP contribution is 2.32. The lowest BCUT2D eigenvalue weighted by atomic mass is 9.84. The number of nitrogens with zero attached hydrogens (tertiary/aromatic N) is 2. The number of alkyl halides is 1. The van der Waals surface area contributed by atoms with Crippen molar-refractivity contribution in [3.63, 3.8) is 0 Å². The summed E-state index contributed by atoms with van der Waals surface area (Å²) in [6.07, 6.45) is 6.10. The molecule has 1 saturated carbocycles. The molecular formula is C12H17ClN2. The van der Waals surface area contributed by atoms with Gasteiger partial charge in [-0.3, -0.25) is 4.98 Å². The highest BCUT2D eigenvalue weighted by molar-refractivity contribution is 6.21. The number of pyridine rings is 1. The smallest absolute Gasteiger partial charge is 0.0342 e. The lowest BCUT2D eigenvalue weighted by molar-refractivity contribution is 0.204. The van der Waals surface area contributed by atoms with Crippen molar-refractivity contribution < 1.29 is 0 Å². The Labute approximate surface area is 96.3 Å². The molecule has 3 heteroatoms. The van der Waals surface area contributed by atoms with Crippen LogP contribution in [0.15, 0.2) is 24.5 Å². The molecule has 1 aliphatic carbocycles. The Hall–Kier alpha value is -0.600. The van der Waals surface area contributed by atoms with Crippen molar-refractivity contribution >= 4 is 11.6 Å². The molecule has 2 nitrogen and oxygen atoms in total. The molecule has 0 saturated heterocycles. The maximum Gasteiger partial charge on any atom is 0.0342 e. The van der Waals surface area contributed by atoms with Gasteiger partial charge in [0.05, 0.1) is 0 Å². The summed E-state index contributed by atoms with van der Waals surface area (Å²) in [6, 6.07) is 4.11. The second kappa shape index (κ2) is 4.95. The van der Waals surface area contributed by atoms with E-state index in [4.69, 9.17) is 11.6 Å². The third kappa shape index (κ3) is 3.18. The predicted octanol–water partition coefficient (Wildman–Crippen LogP) is 2.53. The van der Waals surface area contributed by atoms with E-state index in [-0.39, 0.29) is 0 Å². The molecule has 0 amide bonds. The zero-order valence-corrected chi connectivity index (χ0v) is 9.82. The van der Waals surface area contributed by atoms with E-state index in [0.29, 0.717) is 5.38 Å². The maximum atomic E-state index is 5.96. The van der Waals surface area contributed by atoms with Gasteiger partial charge < -0.3 is 4.90 Å². The minimum atomic E-state index is 0.432. The Morgan fingerprint density at radius 2 is 2.33 bits per heavy atom. The third-order valence-corrected chi connectivity index (χ3v) is 3.28. The van der Waals surface area contributed by atoms with Gasteiger partial charge in [-0.25, -0.2) is 0 Å². The van der Waals surface area contributed by atoms with Crippen LogP contribution in [0.5, 0.6) is 0 Å². The molecule has 0 radical (unpaired) electrons. The Bertz CT molecular complexity index is 296. The molecule has 0 aromatic carbocycles. The first-order valence-corrected chi connectivity index (χ1v) is 5.89. The van der Waals surface area contributed by atoms with Gasteiger partial charge in [0, 0.05) is 30.9 Å². The van der Waals surface area contributed by atoms with Crippen molar-refractivity contribution in [2.75, 3.05) is 13.6 Å². The van der Waals surface area contributed by atoms with Crippen molar-refractivity contribution in [3.05, 3.63) is 30.1 Å². The summed E-state index contributed by atoms with van der Waals surface area (Å²) in [5, 5.41) is 0.432. The topological polar surface area (TPSA) is 16.1 Å². The van der Waals surface area contributed by atoms with Gasteiger partial charge in [0.25, 0.3) is 0 Å². The normalized spacial score (nSPS) is 25.3. The Morgan fingerprint density at radius 1 is 1.53 bits per heavy atom. The van der Waals surface area contributed by atoms with E-state index in [9.17, 15) is 0 Å². The van der Waals surface area contributed by atoms with E-state index in [1.807, 2.05) is 18.5 Å². The summed E-state index contributed by atoms with van der Waals surface area (Å²) in [5.74, 6) is 0.800. The van der Waals surface area contributed by atoms with E-state index in [1.54, 1.807) is 0 Å². The first kappa shape index (κ1) is 10.9. The standard InChI is InChI=1S/C12H17ClN2/c1-15(9-11-5-12(13)6-11)8-10-3-2-4-14-7-10/h2-4,7,11-12H,5-6,8-9H2,1H3. The second-order valence-electron chi connectivity index (χ2n) is 4.49. The van der Waals surface area contributed by atoms with Crippen molar-refractivity contribution in [2.45, 2.75) is 24.8 Å². The number of hydrogen-bond donors (Lipinski definition) is 0. The predicted molar refractivity (Wildman–Crippen MR) is 62.9 cm³/mol. The van der Waals surface area contributed by atoms with Crippen molar-refractivity contribution in [3.8, 4) is 0 Å². The van der Waals surface area contributed by atoms with Gasteiger partial charge in [0.15, 0.2) is 0 Å². The lowest BCUT2D eigenvalue weighted by Gasteiger charge is -2.34. The first-order chi connectivity index (χ1) is 7.24. The van der Waals surface area contributed by atoms with Gasteiger partial charge in [-0.15, -0.1) is 11.6 Å². The third-order valence-electron chi connectivity index (χ3n) is 2.92. The first-order valence-electron chi connectivity index (χ1n) is 5.45. The SMILES string of the molecule is CN(Cc1cccnc1)CC1CC(Cl)C1. The van der Waals surface area contributed by atoms with Gasteiger partial charge >= 0.3 is 0 Å². The fraction of sp³-hybridized carbons (Fsp3) is 0.583. The molecule has 0 atom stereocenters. The average molecular weight is 225 g/mol. The van der Waals surface area contributed by atoms with Gasteiger partial charge in [-0.05, 0) is 37.4 Å². The van der Waals surface area contributed by atoms with Crippen LogP contribution in [0.1, 0.15) is 18.4 Å². The molecule has 1 heterocycles. The average Bonchev–Trinajstić information content (AvgIpc) is 2.17. The van der Waals surface area contributed by atoms with Crippen molar-refractivity contribution in [2.24, 2.45) is 5.92 Å². The van der Waals surface area contributed by atoms with Gasteiger partial charge in [0.2, 0.25) is 0 Å². The zero-order chi connectivity index (χ0) is 10.7. The Balaban J connectivity index is 1.75. The van der Waals surface area contributed by atoms with Crippen LogP contribution in [0.2, 0.25) is 0 Å². The van der Waals surface area contributed by atoms with E-state index in [2.05, 4.69) is 23.0 Å². The van der Waals surface area contributed by atoms with Crippen LogP contribution in [-0.2, 0) is 6.54 Å². The summed E-state index contributed by atoms with van der Waals surface area (Å²) in [6.45, 7) is 2.13. The summed E-state index contributed by atoms with van der Waals surface area (Å²) in [7, 11) is 2.16. The molecular weight excluding hydrogens is 208 g/mol. The van der Waals surface area contributed by atoms with Crippen LogP contribution in [0.3, 0.4) is 0 Å². The molecule has 1 aliphatic rings. The van der Waals surface area contributed by atoms with Crippen molar-refractivity contribution in [1.29, 1.82) is 0 Å². The van der Waals surface area contributed by atoms with Crippen LogP contribution in [0.25, 0.3) is 0 Å². The molecule has 0 bridgehead atoms. The molecule has 1 aromatic rings. The molecule has 82 valence electrons. The van der Waals surface area contributed by atoms with Crippen LogP contribution in [-0.4, -0.2) is 28.9 Å². The van der Waals surface area contributed by atoms with E-state index < -0.39 is 0 Å². The highest BCUT2D eigenvalue weighted by Gasteiger charge is 2.27. The van der Waals surface area contributed by atoms with E-state index >= 15 is 0 Å². The van der Waals surface area contributed by atoms with E-state index in [0.717, 1.165) is 19.0 Å². The number of aromatic nitrogens is 1. The molecule has 0 N–H and O–H groups in total. The molecule has 1 fully saturated rings. The largest absolute Gasteiger partial charge is 0.302 e. The molecule has 2 rings (SSSR count). The minimum Gasteiger partial charge on any atom is -0.302 e. The zero-order valence-electron chi connectivity index (χ0n) is 9.06. The van der Waals surface area contributed by atoms with Crippen molar-refractivity contribution in [1.82, 2.24) is 9.88 Å². The molecule has 1 aromatic heterocycles. The van der Waals surface area contributed by atoms with Crippen LogP contribution in [0.4, 0.5) is 0 Å². The van der Waals surface area contributed by atoms with Crippen LogP contribution in [0, 0.1) is 5.92 Å². The van der Waals surface area contributed by atoms with Crippen LogP contribution >= 0.6 is 11.6 Å².